The van der Waals surface area contributed by atoms with Crippen LogP contribution in [0.5, 0.6) is 0 Å². The van der Waals surface area contributed by atoms with E-state index in [1.54, 1.807) is 0 Å². The monoisotopic (exact) mass is 169 g/mol. The van der Waals surface area contributed by atoms with E-state index in [4.69, 9.17) is 0 Å². The zero-order chi connectivity index (χ0) is 9.78. The second-order valence-electron chi connectivity index (χ2n) is 3.85. The Morgan fingerprint density at radius 3 is 2.25 bits per heavy atom. The standard InChI is InChI=1S/C9H15NO2/c1-5-7(11)10-8(12)6-9(2,3)4/h5H,1,6H2,2-4H3,(H,10,11,12). The van der Waals surface area contributed by atoms with Crippen LogP contribution < -0.4 is 5.32 Å². The van der Waals surface area contributed by atoms with Crippen LogP contribution in [0.25, 0.3) is 0 Å². The first-order valence-corrected chi connectivity index (χ1v) is 3.81. The fraction of sp³-hybridized carbons (Fsp3) is 0.556. The molecule has 0 spiro atoms. The molecule has 2 amide bonds. The number of imide groups is 1. The molecular weight excluding hydrogens is 154 g/mol. The molecule has 0 radical (unpaired) electrons. The lowest BCUT2D eigenvalue weighted by Gasteiger charge is -2.16. The van der Waals surface area contributed by atoms with Gasteiger partial charge in [-0.25, -0.2) is 0 Å². The van der Waals surface area contributed by atoms with Crippen LogP contribution in [0.1, 0.15) is 27.2 Å². The van der Waals surface area contributed by atoms with Gasteiger partial charge in [0.2, 0.25) is 11.8 Å². The molecule has 0 aliphatic carbocycles. The van der Waals surface area contributed by atoms with Gasteiger partial charge in [0.1, 0.15) is 0 Å². The minimum absolute atomic E-state index is 0.0917. The Labute approximate surface area is 72.8 Å². The summed E-state index contributed by atoms with van der Waals surface area (Å²) in [4.78, 5) is 21.7. The highest BCUT2D eigenvalue weighted by Crippen LogP contribution is 2.17. The lowest BCUT2D eigenvalue weighted by molar-refractivity contribution is -0.129. The van der Waals surface area contributed by atoms with E-state index in [1.807, 2.05) is 20.8 Å². The number of carbonyl (C=O) groups excluding carboxylic acids is 2. The predicted octanol–water partition coefficient (Wildman–Crippen LogP) is 1.25. The molecule has 12 heavy (non-hydrogen) atoms. The van der Waals surface area contributed by atoms with E-state index in [0.29, 0.717) is 6.42 Å². The summed E-state index contributed by atoms with van der Waals surface area (Å²) in [6.45, 7) is 9.05. The van der Waals surface area contributed by atoms with Crippen LogP contribution in [0.15, 0.2) is 12.7 Å². The normalized spacial score (nSPS) is 10.6. The van der Waals surface area contributed by atoms with E-state index in [9.17, 15) is 9.59 Å². The topological polar surface area (TPSA) is 46.2 Å². The van der Waals surface area contributed by atoms with Gasteiger partial charge in [0.25, 0.3) is 0 Å². The Morgan fingerprint density at radius 1 is 1.42 bits per heavy atom. The molecular formula is C9H15NO2. The summed E-state index contributed by atoms with van der Waals surface area (Å²) in [7, 11) is 0. The third-order valence-electron chi connectivity index (χ3n) is 1.14. The van der Waals surface area contributed by atoms with E-state index < -0.39 is 5.91 Å². The van der Waals surface area contributed by atoms with Gasteiger partial charge < -0.3 is 0 Å². The molecule has 68 valence electrons. The van der Waals surface area contributed by atoms with Crippen molar-refractivity contribution in [1.29, 1.82) is 0 Å². The summed E-state index contributed by atoms with van der Waals surface area (Å²) >= 11 is 0. The Hall–Kier alpha value is -1.12. The van der Waals surface area contributed by atoms with Crippen LogP contribution in [0, 0.1) is 5.41 Å². The molecule has 0 aromatic rings. The third-order valence-corrected chi connectivity index (χ3v) is 1.14. The number of nitrogens with one attached hydrogen (secondary N) is 1. The van der Waals surface area contributed by atoms with Gasteiger partial charge in [-0.1, -0.05) is 27.4 Å². The molecule has 1 N–H and O–H groups in total. The van der Waals surface area contributed by atoms with Crippen molar-refractivity contribution in [3.8, 4) is 0 Å². The van der Waals surface area contributed by atoms with Crippen LogP contribution in [-0.2, 0) is 9.59 Å². The van der Waals surface area contributed by atoms with Gasteiger partial charge in [0.05, 0.1) is 0 Å². The Bertz CT molecular complexity index is 201. The van der Waals surface area contributed by atoms with Gasteiger partial charge in [-0.15, -0.1) is 0 Å². The molecule has 0 aromatic heterocycles. The fourth-order valence-corrected chi connectivity index (χ4v) is 0.714. The first-order chi connectivity index (χ1) is 5.35. The highest BCUT2D eigenvalue weighted by Gasteiger charge is 2.16. The van der Waals surface area contributed by atoms with Crippen molar-refractivity contribution in [2.45, 2.75) is 27.2 Å². The van der Waals surface area contributed by atoms with Crippen molar-refractivity contribution in [2.75, 3.05) is 0 Å². The van der Waals surface area contributed by atoms with E-state index >= 15 is 0 Å². The van der Waals surface area contributed by atoms with Crippen LogP contribution in [-0.4, -0.2) is 11.8 Å². The summed E-state index contributed by atoms with van der Waals surface area (Å²) in [6, 6.07) is 0. The van der Waals surface area contributed by atoms with E-state index in [-0.39, 0.29) is 11.3 Å². The maximum atomic E-state index is 11.0. The predicted molar refractivity (Wildman–Crippen MR) is 47.4 cm³/mol. The van der Waals surface area contributed by atoms with E-state index in [1.165, 1.54) is 0 Å². The first-order valence-electron chi connectivity index (χ1n) is 3.81. The number of hydrogen-bond acceptors (Lipinski definition) is 2. The van der Waals surface area contributed by atoms with Crippen molar-refractivity contribution in [3.63, 3.8) is 0 Å². The molecule has 3 nitrogen and oxygen atoms in total. The largest absolute Gasteiger partial charge is 0.293 e. The molecule has 0 unspecified atom stereocenters. The smallest absolute Gasteiger partial charge is 0.249 e. The van der Waals surface area contributed by atoms with Crippen molar-refractivity contribution in [1.82, 2.24) is 5.32 Å². The summed E-state index contributed by atoms with van der Waals surface area (Å²) in [6.07, 6.45) is 1.42. The van der Waals surface area contributed by atoms with E-state index in [2.05, 4.69) is 11.9 Å². The highest BCUT2D eigenvalue weighted by atomic mass is 16.2. The zero-order valence-electron chi connectivity index (χ0n) is 7.81. The molecule has 0 atom stereocenters. The van der Waals surface area contributed by atoms with Gasteiger partial charge in [0.15, 0.2) is 0 Å². The maximum absolute atomic E-state index is 11.0. The van der Waals surface area contributed by atoms with E-state index in [0.717, 1.165) is 6.08 Å². The van der Waals surface area contributed by atoms with Crippen molar-refractivity contribution >= 4 is 11.8 Å². The Balaban J connectivity index is 3.91. The van der Waals surface area contributed by atoms with Gasteiger partial charge in [-0.3, -0.25) is 14.9 Å². The third kappa shape index (κ3) is 5.65. The van der Waals surface area contributed by atoms with Crippen molar-refractivity contribution in [3.05, 3.63) is 12.7 Å². The zero-order valence-corrected chi connectivity index (χ0v) is 7.81. The second kappa shape index (κ2) is 4.04. The summed E-state index contributed by atoms with van der Waals surface area (Å²) in [5.41, 5.74) is -0.0917. The molecule has 0 aromatic carbocycles. The summed E-state index contributed by atoms with van der Waals surface area (Å²) in [5.74, 6) is -0.698. The van der Waals surface area contributed by atoms with Crippen LogP contribution >= 0.6 is 0 Å². The molecule has 0 bridgehead atoms. The average Bonchev–Trinajstić information content (AvgIpc) is 1.82. The Morgan fingerprint density at radius 2 is 1.92 bits per heavy atom. The average molecular weight is 169 g/mol. The van der Waals surface area contributed by atoms with Crippen molar-refractivity contribution < 1.29 is 9.59 Å². The maximum Gasteiger partial charge on any atom is 0.249 e. The molecule has 0 fully saturated rings. The number of carbonyl (C=O) groups is 2. The van der Waals surface area contributed by atoms with Crippen molar-refractivity contribution in [2.24, 2.45) is 5.41 Å². The van der Waals surface area contributed by atoms with Gasteiger partial charge in [0, 0.05) is 6.42 Å². The number of rotatable bonds is 2. The SMILES string of the molecule is C=CC(=O)NC(=O)CC(C)(C)C. The molecule has 0 saturated heterocycles. The minimum atomic E-state index is -0.441. The number of amides is 2. The fourth-order valence-electron chi connectivity index (χ4n) is 0.714. The highest BCUT2D eigenvalue weighted by molar-refractivity contribution is 6.00. The molecule has 0 aliphatic heterocycles. The minimum Gasteiger partial charge on any atom is -0.293 e. The van der Waals surface area contributed by atoms with Crippen LogP contribution in [0.2, 0.25) is 0 Å². The van der Waals surface area contributed by atoms with Crippen LogP contribution in [0.3, 0.4) is 0 Å². The lowest BCUT2D eigenvalue weighted by Crippen LogP contribution is -2.31. The quantitative estimate of drug-likeness (QED) is 0.632. The molecule has 0 saturated carbocycles. The van der Waals surface area contributed by atoms with Gasteiger partial charge in [-0.2, -0.15) is 0 Å². The molecule has 0 heterocycles. The lowest BCUT2D eigenvalue weighted by atomic mass is 9.92. The summed E-state index contributed by atoms with van der Waals surface area (Å²) < 4.78 is 0. The molecule has 3 heteroatoms. The van der Waals surface area contributed by atoms with Gasteiger partial charge in [-0.05, 0) is 11.5 Å². The molecule has 0 aliphatic rings. The number of hydrogen-bond donors (Lipinski definition) is 1. The van der Waals surface area contributed by atoms with Crippen LogP contribution in [0.4, 0.5) is 0 Å². The molecule has 0 rings (SSSR count). The second-order valence-corrected chi connectivity index (χ2v) is 3.85. The Kier molecular flexibility index (Phi) is 3.67. The first kappa shape index (κ1) is 10.9. The summed E-state index contributed by atoms with van der Waals surface area (Å²) in [5, 5.41) is 2.19. The van der Waals surface area contributed by atoms with Gasteiger partial charge >= 0.3 is 0 Å².